The van der Waals surface area contributed by atoms with Crippen LogP contribution in [0.1, 0.15) is 38.3 Å². The fourth-order valence-corrected chi connectivity index (χ4v) is 3.83. The third kappa shape index (κ3) is 9.69. The van der Waals surface area contributed by atoms with Crippen LogP contribution >= 0.6 is 0 Å². The quantitative estimate of drug-likeness (QED) is 0.179. The Morgan fingerprint density at radius 1 is 0.795 bits per heavy atom. The minimum atomic E-state index is -1.59. The minimum absolute atomic E-state index is 0.0246. The average Bonchev–Trinajstić information content (AvgIpc) is 2.91. The van der Waals surface area contributed by atoms with Crippen LogP contribution in [-0.4, -0.2) is 69.3 Å². The van der Waals surface area contributed by atoms with Gasteiger partial charge in [0.2, 0.25) is 17.7 Å². The lowest BCUT2D eigenvalue weighted by atomic mass is 9.98. The van der Waals surface area contributed by atoms with Gasteiger partial charge in [0.1, 0.15) is 17.8 Å². The van der Waals surface area contributed by atoms with E-state index in [4.69, 9.17) is 5.73 Å². The van der Waals surface area contributed by atoms with E-state index >= 15 is 0 Å². The number of rotatable bonds is 14. The highest BCUT2D eigenvalue weighted by atomic mass is 16.4. The summed E-state index contributed by atoms with van der Waals surface area (Å²) < 4.78 is 0. The van der Waals surface area contributed by atoms with E-state index in [0.717, 1.165) is 0 Å². The number of aliphatic carboxylic acids is 1. The van der Waals surface area contributed by atoms with Crippen molar-refractivity contribution < 1.29 is 34.5 Å². The summed E-state index contributed by atoms with van der Waals surface area (Å²) in [6, 6.07) is 10.1. The Labute approximate surface area is 227 Å². The summed E-state index contributed by atoms with van der Waals surface area (Å²) in [4.78, 5) is 51.1. The largest absolute Gasteiger partial charge is 0.508 e. The van der Waals surface area contributed by atoms with Crippen LogP contribution in [0, 0.1) is 5.92 Å². The van der Waals surface area contributed by atoms with Crippen LogP contribution in [0.15, 0.2) is 54.6 Å². The standard InChI is InChI=1S/C28H38N4O7/c1-4-16(2)23(29)27(37)31-21(15-19-10-12-20(34)13-11-19)25(35)30-22(14-18-8-6-5-7-9-18)26(36)32-24(17(3)33)28(38)39/h5-13,16-17,21-24,33-34H,4,14-15,29H2,1-3H3,(H,30,35)(H,31,37)(H,32,36)(H,38,39). The van der Waals surface area contributed by atoms with Crippen LogP contribution in [0.5, 0.6) is 5.75 Å². The molecule has 11 nitrogen and oxygen atoms in total. The van der Waals surface area contributed by atoms with Crippen LogP contribution in [-0.2, 0) is 32.0 Å². The van der Waals surface area contributed by atoms with Gasteiger partial charge in [-0.1, -0.05) is 62.7 Å². The molecule has 2 aromatic rings. The van der Waals surface area contributed by atoms with E-state index in [1.165, 1.54) is 19.1 Å². The zero-order valence-electron chi connectivity index (χ0n) is 22.3. The van der Waals surface area contributed by atoms with E-state index in [0.29, 0.717) is 17.5 Å². The van der Waals surface area contributed by atoms with Gasteiger partial charge in [0.15, 0.2) is 6.04 Å². The summed E-state index contributed by atoms with van der Waals surface area (Å²) in [5, 5.41) is 36.4. The van der Waals surface area contributed by atoms with Gasteiger partial charge >= 0.3 is 5.97 Å². The molecule has 0 aliphatic heterocycles. The van der Waals surface area contributed by atoms with Crippen molar-refractivity contribution >= 4 is 23.7 Å². The summed E-state index contributed by atoms with van der Waals surface area (Å²) in [6.45, 7) is 4.94. The number of amides is 3. The molecule has 0 aliphatic carbocycles. The van der Waals surface area contributed by atoms with Gasteiger partial charge in [-0.2, -0.15) is 0 Å². The van der Waals surface area contributed by atoms with Crippen molar-refractivity contribution in [3.63, 3.8) is 0 Å². The van der Waals surface area contributed by atoms with E-state index in [1.54, 1.807) is 42.5 Å². The highest BCUT2D eigenvalue weighted by Gasteiger charge is 2.32. The predicted octanol–water partition coefficient (Wildman–Crippen LogP) is 0.471. The molecule has 39 heavy (non-hydrogen) atoms. The molecule has 3 amide bonds. The number of aliphatic hydroxyl groups is 1. The normalized spacial score (nSPS) is 15.6. The molecule has 2 aromatic carbocycles. The Kier molecular flexibility index (Phi) is 11.9. The second-order valence-electron chi connectivity index (χ2n) is 9.66. The smallest absolute Gasteiger partial charge is 0.328 e. The van der Waals surface area contributed by atoms with E-state index in [2.05, 4.69) is 16.0 Å². The van der Waals surface area contributed by atoms with Gasteiger partial charge in [0.25, 0.3) is 0 Å². The Morgan fingerprint density at radius 3 is 1.77 bits per heavy atom. The maximum absolute atomic E-state index is 13.5. The molecule has 0 aliphatic rings. The number of benzene rings is 2. The zero-order valence-corrected chi connectivity index (χ0v) is 22.3. The second-order valence-corrected chi connectivity index (χ2v) is 9.66. The molecule has 11 heteroatoms. The third-order valence-electron chi connectivity index (χ3n) is 6.53. The molecule has 2 rings (SSSR count). The second kappa shape index (κ2) is 14.8. The molecule has 0 aromatic heterocycles. The van der Waals surface area contributed by atoms with E-state index < -0.39 is 54.0 Å². The molecule has 0 saturated heterocycles. The molecule has 6 unspecified atom stereocenters. The molecule has 6 atom stereocenters. The molecule has 0 bridgehead atoms. The van der Waals surface area contributed by atoms with Crippen LogP contribution in [0.2, 0.25) is 0 Å². The van der Waals surface area contributed by atoms with Crippen LogP contribution < -0.4 is 21.7 Å². The van der Waals surface area contributed by atoms with Crippen LogP contribution in [0.3, 0.4) is 0 Å². The number of phenolic OH excluding ortho intramolecular Hbond substituents is 1. The van der Waals surface area contributed by atoms with Crippen molar-refractivity contribution in [2.45, 2.75) is 70.3 Å². The van der Waals surface area contributed by atoms with Gasteiger partial charge < -0.3 is 37.0 Å². The maximum Gasteiger partial charge on any atom is 0.328 e. The monoisotopic (exact) mass is 542 g/mol. The fraction of sp³-hybridized carbons (Fsp3) is 0.429. The number of hydrogen-bond donors (Lipinski definition) is 7. The molecule has 0 spiro atoms. The SMILES string of the molecule is CCC(C)C(N)C(=O)NC(Cc1ccc(O)cc1)C(=O)NC(Cc1ccccc1)C(=O)NC(C(=O)O)C(C)O. The summed E-state index contributed by atoms with van der Waals surface area (Å²) in [5.41, 5.74) is 7.40. The summed E-state index contributed by atoms with van der Waals surface area (Å²) in [6.07, 6.45) is -0.674. The van der Waals surface area contributed by atoms with Crippen molar-refractivity contribution in [1.29, 1.82) is 0 Å². The number of aliphatic hydroxyl groups excluding tert-OH is 1. The highest BCUT2D eigenvalue weighted by molar-refractivity contribution is 5.94. The number of carbonyl (C=O) groups excluding carboxylic acids is 3. The number of carboxylic acids is 1. The Hall–Kier alpha value is -3.96. The Bertz CT molecular complexity index is 1110. The summed E-state index contributed by atoms with van der Waals surface area (Å²) in [5.74, 6) is -3.58. The van der Waals surface area contributed by atoms with E-state index in [1.807, 2.05) is 13.8 Å². The third-order valence-corrected chi connectivity index (χ3v) is 6.53. The number of hydrogen-bond acceptors (Lipinski definition) is 7. The van der Waals surface area contributed by atoms with Gasteiger partial charge in [-0.15, -0.1) is 0 Å². The van der Waals surface area contributed by atoms with Gasteiger partial charge in [0.05, 0.1) is 12.1 Å². The number of nitrogens with one attached hydrogen (secondary N) is 3. The van der Waals surface area contributed by atoms with Gasteiger partial charge in [-0.25, -0.2) is 4.79 Å². The Balaban J connectivity index is 2.33. The number of nitrogens with two attached hydrogens (primary N) is 1. The zero-order chi connectivity index (χ0) is 29.1. The summed E-state index contributed by atoms with van der Waals surface area (Å²) >= 11 is 0. The van der Waals surface area contributed by atoms with Crippen molar-refractivity contribution in [3.05, 3.63) is 65.7 Å². The molecule has 8 N–H and O–H groups in total. The number of carbonyl (C=O) groups is 4. The lowest BCUT2D eigenvalue weighted by Crippen LogP contribution is -2.59. The molecular weight excluding hydrogens is 504 g/mol. The summed E-state index contributed by atoms with van der Waals surface area (Å²) in [7, 11) is 0. The highest BCUT2D eigenvalue weighted by Crippen LogP contribution is 2.13. The van der Waals surface area contributed by atoms with E-state index in [-0.39, 0.29) is 24.5 Å². The topological polar surface area (TPSA) is 191 Å². The number of carboxylic acid groups (broad SMARTS) is 1. The van der Waals surface area contributed by atoms with Crippen molar-refractivity contribution in [2.75, 3.05) is 0 Å². The van der Waals surface area contributed by atoms with Crippen molar-refractivity contribution in [2.24, 2.45) is 11.7 Å². The van der Waals surface area contributed by atoms with Crippen molar-refractivity contribution in [3.8, 4) is 5.75 Å². The average molecular weight is 543 g/mol. The lowest BCUT2D eigenvalue weighted by Gasteiger charge is -2.26. The van der Waals surface area contributed by atoms with E-state index in [9.17, 15) is 34.5 Å². The number of phenols is 1. The van der Waals surface area contributed by atoms with Crippen molar-refractivity contribution in [1.82, 2.24) is 16.0 Å². The minimum Gasteiger partial charge on any atom is -0.508 e. The molecule has 0 fully saturated rings. The first-order chi connectivity index (χ1) is 18.4. The molecular formula is C28H38N4O7. The first kappa shape index (κ1) is 31.3. The Morgan fingerprint density at radius 2 is 1.28 bits per heavy atom. The first-order valence-corrected chi connectivity index (χ1v) is 12.8. The first-order valence-electron chi connectivity index (χ1n) is 12.8. The van der Waals surface area contributed by atoms with Crippen LogP contribution in [0.4, 0.5) is 0 Å². The molecule has 212 valence electrons. The van der Waals surface area contributed by atoms with Gasteiger partial charge in [-0.05, 0) is 36.1 Å². The maximum atomic E-state index is 13.5. The predicted molar refractivity (Wildman–Crippen MR) is 144 cm³/mol. The molecule has 0 heterocycles. The molecule has 0 radical (unpaired) electrons. The van der Waals surface area contributed by atoms with Gasteiger partial charge in [-0.3, -0.25) is 14.4 Å². The molecule has 0 saturated carbocycles. The fourth-order valence-electron chi connectivity index (χ4n) is 3.83. The van der Waals surface area contributed by atoms with Gasteiger partial charge in [0, 0.05) is 12.8 Å². The number of aromatic hydroxyl groups is 1. The van der Waals surface area contributed by atoms with Crippen LogP contribution in [0.25, 0.3) is 0 Å². The lowest BCUT2D eigenvalue weighted by molar-refractivity contribution is -0.145.